The summed E-state index contributed by atoms with van der Waals surface area (Å²) in [5.74, 6) is 0.0748. The molecule has 4 rings (SSSR count). The van der Waals surface area contributed by atoms with Crippen LogP contribution in [0.1, 0.15) is 51.8 Å². The van der Waals surface area contributed by atoms with Crippen molar-refractivity contribution >= 4 is 41.0 Å². The van der Waals surface area contributed by atoms with E-state index in [4.69, 9.17) is 30.5 Å². The Morgan fingerprint density at radius 2 is 1.81 bits per heavy atom. The van der Waals surface area contributed by atoms with Gasteiger partial charge in [0.2, 0.25) is 0 Å². The highest BCUT2D eigenvalue weighted by molar-refractivity contribution is 7.07. The van der Waals surface area contributed by atoms with E-state index in [-0.39, 0.29) is 30.5 Å². The third-order valence-corrected chi connectivity index (χ3v) is 7.51. The first kappa shape index (κ1) is 31.8. The van der Waals surface area contributed by atoms with E-state index in [9.17, 15) is 14.4 Å². The molecule has 0 spiro atoms. The lowest BCUT2D eigenvalue weighted by atomic mass is 9.95. The minimum Gasteiger partial charge on any atom is -0.490 e. The fraction of sp³-hybridized carbons (Fsp3) is 0.355. The Labute approximate surface area is 257 Å². The molecule has 2 aromatic carbocycles. The molecule has 0 saturated carbocycles. The Bertz CT molecular complexity index is 1740. The van der Waals surface area contributed by atoms with Crippen molar-refractivity contribution in [3.05, 3.63) is 83.5 Å². The van der Waals surface area contributed by atoms with Crippen LogP contribution in [-0.2, 0) is 19.1 Å². The molecule has 2 heterocycles. The number of fused-ring (bicyclic) bond motifs is 1. The van der Waals surface area contributed by atoms with Gasteiger partial charge in [-0.1, -0.05) is 29.0 Å². The molecule has 1 aromatic heterocycles. The zero-order valence-corrected chi connectivity index (χ0v) is 26.3. The minimum absolute atomic E-state index is 0.0940. The van der Waals surface area contributed by atoms with Crippen molar-refractivity contribution in [2.24, 2.45) is 4.99 Å². The predicted octanol–water partition coefficient (Wildman–Crippen LogP) is 4.19. The first-order chi connectivity index (χ1) is 20.6. The van der Waals surface area contributed by atoms with Gasteiger partial charge in [-0.05, 0) is 76.6 Å². The summed E-state index contributed by atoms with van der Waals surface area (Å²) in [6, 6.07) is 9.35. The molecule has 1 atom stereocenters. The Hall–Kier alpha value is -4.09. The summed E-state index contributed by atoms with van der Waals surface area (Å²) in [4.78, 5) is 44.1. The van der Waals surface area contributed by atoms with Crippen LogP contribution >= 0.6 is 22.9 Å². The Morgan fingerprint density at radius 3 is 2.49 bits per heavy atom. The van der Waals surface area contributed by atoms with Gasteiger partial charge in [-0.15, -0.1) is 0 Å². The summed E-state index contributed by atoms with van der Waals surface area (Å²) in [5.41, 5.74) is 1.48. The molecule has 0 radical (unpaired) electrons. The van der Waals surface area contributed by atoms with Crippen LogP contribution in [0.3, 0.4) is 0 Å². The molecule has 0 unspecified atom stereocenters. The van der Waals surface area contributed by atoms with E-state index in [2.05, 4.69) is 9.73 Å². The van der Waals surface area contributed by atoms with Gasteiger partial charge in [0, 0.05) is 10.6 Å². The highest BCUT2D eigenvalue weighted by Crippen LogP contribution is 2.36. The molecule has 0 aliphatic carbocycles. The molecule has 10 nitrogen and oxygen atoms in total. The Kier molecular flexibility index (Phi) is 10.3. The van der Waals surface area contributed by atoms with Crippen LogP contribution in [0.15, 0.2) is 57.5 Å². The fourth-order valence-electron chi connectivity index (χ4n) is 4.52. The van der Waals surface area contributed by atoms with Gasteiger partial charge < -0.3 is 23.7 Å². The maximum atomic E-state index is 14.1. The lowest BCUT2D eigenvalue weighted by molar-refractivity contribution is -0.143. The van der Waals surface area contributed by atoms with E-state index < -0.39 is 18.0 Å². The molecule has 0 saturated heterocycles. The van der Waals surface area contributed by atoms with Gasteiger partial charge in [0.25, 0.3) is 5.56 Å². The molecule has 0 bridgehead atoms. The summed E-state index contributed by atoms with van der Waals surface area (Å²) < 4.78 is 29.3. The third-order valence-electron chi connectivity index (χ3n) is 6.29. The number of halogens is 1. The van der Waals surface area contributed by atoms with Crippen molar-refractivity contribution in [2.75, 3.05) is 26.9 Å². The van der Waals surface area contributed by atoms with Crippen molar-refractivity contribution in [1.29, 1.82) is 0 Å². The first-order valence-corrected chi connectivity index (χ1v) is 14.9. The van der Waals surface area contributed by atoms with Crippen LogP contribution in [0, 0.1) is 0 Å². The van der Waals surface area contributed by atoms with E-state index in [1.54, 1.807) is 63.2 Å². The summed E-state index contributed by atoms with van der Waals surface area (Å²) in [7, 11) is 1.27. The summed E-state index contributed by atoms with van der Waals surface area (Å²) in [6.45, 7) is 9.18. The number of esters is 2. The largest absolute Gasteiger partial charge is 0.490 e. The Morgan fingerprint density at radius 1 is 1.07 bits per heavy atom. The van der Waals surface area contributed by atoms with Gasteiger partial charge in [0.1, 0.15) is 5.75 Å². The van der Waals surface area contributed by atoms with Gasteiger partial charge in [0.05, 0.1) is 48.3 Å². The summed E-state index contributed by atoms with van der Waals surface area (Å²) >= 11 is 7.47. The number of thiazole rings is 1. The molecule has 12 heteroatoms. The topological polar surface area (TPSA) is 115 Å². The summed E-state index contributed by atoms with van der Waals surface area (Å²) in [6.07, 6.45) is 1.62. The van der Waals surface area contributed by atoms with Crippen LogP contribution in [-0.4, -0.2) is 49.5 Å². The average molecular weight is 629 g/mol. The van der Waals surface area contributed by atoms with Crippen LogP contribution in [0.4, 0.5) is 0 Å². The number of hydrogen-bond acceptors (Lipinski definition) is 10. The van der Waals surface area contributed by atoms with Gasteiger partial charge in [-0.2, -0.15) is 0 Å². The number of allylic oxidation sites excluding steroid dienone is 1. The quantitative estimate of drug-likeness (QED) is 0.291. The number of aromatic nitrogens is 1. The number of benzene rings is 2. The van der Waals surface area contributed by atoms with Gasteiger partial charge in [-0.3, -0.25) is 9.36 Å². The second-order valence-corrected chi connectivity index (χ2v) is 11.1. The average Bonchev–Trinajstić information content (AvgIpc) is 3.26. The molecule has 0 amide bonds. The van der Waals surface area contributed by atoms with Gasteiger partial charge in [0.15, 0.2) is 22.9 Å². The van der Waals surface area contributed by atoms with Crippen LogP contribution in [0.25, 0.3) is 6.08 Å². The smallest absolute Gasteiger partial charge is 0.343 e. The lowest BCUT2D eigenvalue weighted by Gasteiger charge is -2.25. The van der Waals surface area contributed by atoms with Crippen molar-refractivity contribution in [2.45, 2.75) is 46.8 Å². The Balaban J connectivity index is 1.92. The molecule has 228 valence electrons. The monoisotopic (exact) mass is 628 g/mol. The van der Waals surface area contributed by atoms with E-state index in [0.29, 0.717) is 55.0 Å². The molecule has 0 fully saturated rings. The zero-order chi connectivity index (χ0) is 31.3. The van der Waals surface area contributed by atoms with E-state index in [1.165, 1.54) is 23.0 Å². The number of carbonyl (C=O) groups is 2. The SMILES string of the molecule is CCOC(=O)C1=C(C)N=c2s/c(=C/c3cc(Cl)ccc3OC(C)C)c(=O)n2[C@@H]1c1ccc(OCC(=O)OC)c(OCC)c1. The molecular formula is C31H33ClN2O8S. The van der Waals surface area contributed by atoms with Crippen molar-refractivity contribution < 1.29 is 33.3 Å². The highest BCUT2D eigenvalue weighted by atomic mass is 35.5. The van der Waals surface area contributed by atoms with Gasteiger partial charge in [-0.25, -0.2) is 14.6 Å². The molecule has 0 N–H and O–H groups in total. The first-order valence-electron chi connectivity index (χ1n) is 13.7. The minimum atomic E-state index is -0.878. The lowest BCUT2D eigenvalue weighted by Crippen LogP contribution is -2.40. The third kappa shape index (κ3) is 7.11. The molecular weight excluding hydrogens is 596 g/mol. The highest BCUT2D eigenvalue weighted by Gasteiger charge is 2.34. The summed E-state index contributed by atoms with van der Waals surface area (Å²) in [5, 5.41) is 0.492. The standard InChI is InChI=1S/C31H33ClN2O8S/c1-7-39-24-14-19(9-11-23(24)41-16-26(35)38-6)28-27(30(37)40-8-2)18(5)33-31-34(28)29(36)25(43-31)15-20-13-21(32)10-12-22(20)42-17(3)4/h9-15,17,28H,7-8,16H2,1-6H3/b25-15+/t28-/m1/s1. The molecule has 1 aliphatic heterocycles. The maximum absolute atomic E-state index is 14.1. The number of methoxy groups -OCH3 is 1. The number of hydrogen-bond donors (Lipinski definition) is 0. The van der Waals surface area contributed by atoms with Crippen LogP contribution in [0.5, 0.6) is 17.2 Å². The number of rotatable bonds is 11. The fourth-order valence-corrected chi connectivity index (χ4v) is 5.74. The molecule has 3 aromatic rings. The van der Waals surface area contributed by atoms with Crippen molar-refractivity contribution in [3.8, 4) is 17.2 Å². The van der Waals surface area contributed by atoms with Crippen molar-refractivity contribution in [3.63, 3.8) is 0 Å². The molecule has 1 aliphatic rings. The van der Waals surface area contributed by atoms with Crippen LogP contribution in [0.2, 0.25) is 5.02 Å². The van der Waals surface area contributed by atoms with E-state index >= 15 is 0 Å². The number of ether oxygens (including phenoxy) is 5. The zero-order valence-electron chi connectivity index (χ0n) is 24.8. The normalized spacial score (nSPS) is 14.7. The van der Waals surface area contributed by atoms with E-state index in [0.717, 1.165) is 0 Å². The van der Waals surface area contributed by atoms with E-state index in [1.807, 2.05) is 13.8 Å². The van der Waals surface area contributed by atoms with Crippen molar-refractivity contribution in [1.82, 2.24) is 4.57 Å². The molecule has 43 heavy (non-hydrogen) atoms. The second kappa shape index (κ2) is 13.9. The predicted molar refractivity (Wildman–Crippen MR) is 163 cm³/mol. The number of carbonyl (C=O) groups excluding carboxylic acids is 2. The maximum Gasteiger partial charge on any atom is 0.343 e. The number of nitrogens with zero attached hydrogens (tertiary/aromatic N) is 2. The second-order valence-electron chi connectivity index (χ2n) is 9.66. The van der Waals surface area contributed by atoms with Crippen LogP contribution < -0.4 is 29.1 Å². The van der Waals surface area contributed by atoms with Gasteiger partial charge >= 0.3 is 11.9 Å².